The summed E-state index contributed by atoms with van der Waals surface area (Å²) in [6.45, 7) is 2.13. The number of carbonyl (C=O) groups is 2. The molecule has 0 bridgehead atoms. The van der Waals surface area contributed by atoms with Crippen LogP contribution in [0.5, 0.6) is 0 Å². The molecule has 0 unspecified atom stereocenters. The third-order valence-electron chi connectivity index (χ3n) is 2.62. The van der Waals surface area contributed by atoms with Gasteiger partial charge in [-0.15, -0.1) is 0 Å². The first-order chi connectivity index (χ1) is 10.0. The smallest absolute Gasteiger partial charge is 0.237 e. The second kappa shape index (κ2) is 6.03. The van der Waals surface area contributed by atoms with Crippen molar-refractivity contribution in [2.45, 2.75) is 6.92 Å². The lowest BCUT2D eigenvalue weighted by molar-refractivity contribution is -0.117. The average molecular weight is 292 g/mol. The van der Waals surface area contributed by atoms with Crippen LogP contribution in [0.3, 0.4) is 0 Å². The van der Waals surface area contributed by atoms with Crippen LogP contribution < -0.4 is 21.7 Å². The van der Waals surface area contributed by atoms with E-state index in [4.69, 9.17) is 11.5 Å². The fourth-order valence-corrected chi connectivity index (χ4v) is 1.88. The molecular weight excluding hydrogens is 276 g/mol. The third-order valence-corrected chi connectivity index (χ3v) is 2.62. The van der Waals surface area contributed by atoms with Crippen LogP contribution in [0.1, 0.15) is 6.92 Å². The Morgan fingerprint density at radius 1 is 1.29 bits per heavy atom. The molecule has 0 fully saturated rings. The van der Waals surface area contributed by atoms with E-state index in [0.717, 1.165) is 0 Å². The Labute approximate surface area is 119 Å². The summed E-state index contributed by atoms with van der Waals surface area (Å²) in [5.41, 5.74) is 10.9. The van der Waals surface area contributed by atoms with Crippen LogP contribution in [0, 0.1) is 0 Å². The number of H-pyrrole nitrogens is 1. The van der Waals surface area contributed by atoms with Crippen LogP contribution >= 0.6 is 0 Å². The molecule has 2 amide bonds. The Bertz CT molecular complexity index is 651. The predicted octanol–water partition coefficient (Wildman–Crippen LogP) is -1.44. The lowest BCUT2D eigenvalue weighted by atomic mass is 10.3. The molecule has 0 aromatic carbocycles. The molecule has 2 aromatic heterocycles. The monoisotopic (exact) mass is 292 g/mol. The lowest BCUT2D eigenvalue weighted by Gasteiger charge is -2.21. The van der Waals surface area contributed by atoms with E-state index in [1.807, 2.05) is 6.92 Å². The van der Waals surface area contributed by atoms with Gasteiger partial charge >= 0.3 is 0 Å². The van der Waals surface area contributed by atoms with Crippen molar-refractivity contribution in [1.29, 1.82) is 0 Å². The number of amides is 2. The maximum absolute atomic E-state index is 11.2. The van der Waals surface area contributed by atoms with E-state index in [2.05, 4.69) is 25.5 Å². The van der Waals surface area contributed by atoms with Gasteiger partial charge in [-0.3, -0.25) is 14.7 Å². The number of nitrogens with two attached hydrogens (primary N) is 2. The van der Waals surface area contributed by atoms with Gasteiger partial charge in [-0.1, -0.05) is 0 Å². The van der Waals surface area contributed by atoms with Crippen molar-refractivity contribution in [2.75, 3.05) is 29.9 Å². The van der Waals surface area contributed by atoms with Crippen molar-refractivity contribution < 1.29 is 9.59 Å². The standard InChI is InChI=1S/C11H16N8O2/c1-2-14-11-16-9-6(3-15-18-9)10(17-11)19(4-7(12)20)5-8(13)21/h3H,2,4-5H2,1H3,(H2,12,20)(H2,13,21)(H2,14,15,16,17,18). The molecule has 10 heteroatoms. The quantitative estimate of drug-likeness (QED) is 0.487. The number of nitrogens with one attached hydrogen (secondary N) is 2. The number of nitrogens with zero attached hydrogens (tertiary/aromatic N) is 4. The molecule has 0 saturated carbocycles. The maximum Gasteiger partial charge on any atom is 0.237 e. The Balaban J connectivity index is 2.50. The number of aromatic amines is 1. The Morgan fingerprint density at radius 2 is 1.95 bits per heavy atom. The van der Waals surface area contributed by atoms with E-state index in [1.165, 1.54) is 11.1 Å². The maximum atomic E-state index is 11.2. The predicted molar refractivity (Wildman–Crippen MR) is 76.4 cm³/mol. The van der Waals surface area contributed by atoms with Gasteiger partial charge in [-0.05, 0) is 6.92 Å². The summed E-state index contributed by atoms with van der Waals surface area (Å²) in [5, 5.41) is 10.1. The van der Waals surface area contributed by atoms with Crippen molar-refractivity contribution >= 4 is 34.6 Å². The molecule has 6 N–H and O–H groups in total. The summed E-state index contributed by atoms with van der Waals surface area (Å²) in [7, 11) is 0. The van der Waals surface area contributed by atoms with Crippen molar-refractivity contribution in [1.82, 2.24) is 20.2 Å². The fraction of sp³-hybridized carbons (Fsp3) is 0.364. The fourth-order valence-electron chi connectivity index (χ4n) is 1.88. The third kappa shape index (κ3) is 3.35. The molecule has 0 atom stereocenters. The number of hydrogen-bond acceptors (Lipinski definition) is 7. The molecule has 10 nitrogen and oxygen atoms in total. The minimum atomic E-state index is -0.600. The molecule has 21 heavy (non-hydrogen) atoms. The number of fused-ring (bicyclic) bond motifs is 1. The van der Waals surface area contributed by atoms with Crippen molar-refractivity contribution in [3.63, 3.8) is 0 Å². The van der Waals surface area contributed by atoms with Gasteiger partial charge in [0.25, 0.3) is 0 Å². The molecule has 2 rings (SSSR count). The van der Waals surface area contributed by atoms with Gasteiger partial charge in [0.2, 0.25) is 17.8 Å². The van der Waals surface area contributed by atoms with Gasteiger partial charge in [-0.25, -0.2) is 0 Å². The van der Waals surface area contributed by atoms with Gasteiger partial charge in [0.15, 0.2) is 5.65 Å². The molecule has 0 radical (unpaired) electrons. The zero-order chi connectivity index (χ0) is 15.4. The number of hydrogen-bond donors (Lipinski definition) is 4. The molecule has 0 spiro atoms. The summed E-state index contributed by atoms with van der Waals surface area (Å²) >= 11 is 0. The highest BCUT2D eigenvalue weighted by atomic mass is 16.2. The SMILES string of the molecule is CCNc1nc(N(CC(N)=O)CC(N)=O)c2cn[nH]c2n1. The second-order valence-electron chi connectivity index (χ2n) is 4.32. The van der Waals surface area contributed by atoms with Crippen LogP contribution in [-0.2, 0) is 9.59 Å². The zero-order valence-electron chi connectivity index (χ0n) is 11.5. The molecular formula is C11H16N8O2. The van der Waals surface area contributed by atoms with Crippen molar-refractivity contribution in [3.8, 4) is 0 Å². The summed E-state index contributed by atoms with van der Waals surface area (Å²) in [6.07, 6.45) is 1.51. The first-order valence-corrected chi connectivity index (χ1v) is 6.27. The van der Waals surface area contributed by atoms with Gasteiger partial charge in [0.05, 0.1) is 24.7 Å². The summed E-state index contributed by atoms with van der Waals surface area (Å²) in [4.78, 5) is 32.3. The first kappa shape index (κ1) is 14.5. The highest BCUT2D eigenvalue weighted by Gasteiger charge is 2.19. The largest absolute Gasteiger partial charge is 0.368 e. The number of primary amides is 2. The van der Waals surface area contributed by atoms with Crippen molar-refractivity contribution in [3.05, 3.63) is 6.20 Å². The molecule has 0 aliphatic carbocycles. The van der Waals surface area contributed by atoms with Crippen LogP contribution in [0.25, 0.3) is 11.0 Å². The molecule has 112 valence electrons. The number of aromatic nitrogens is 4. The lowest BCUT2D eigenvalue weighted by Crippen LogP contribution is -2.40. The molecule has 0 aliphatic rings. The van der Waals surface area contributed by atoms with Gasteiger partial charge in [0, 0.05) is 6.54 Å². The summed E-state index contributed by atoms with van der Waals surface area (Å²) < 4.78 is 0. The highest BCUT2D eigenvalue weighted by molar-refractivity contribution is 5.92. The van der Waals surface area contributed by atoms with E-state index in [0.29, 0.717) is 29.3 Å². The van der Waals surface area contributed by atoms with Crippen LogP contribution in [0.15, 0.2) is 6.20 Å². The van der Waals surface area contributed by atoms with Gasteiger partial charge < -0.3 is 21.7 Å². The first-order valence-electron chi connectivity index (χ1n) is 6.27. The van der Waals surface area contributed by atoms with Gasteiger partial charge in [0.1, 0.15) is 5.82 Å². The summed E-state index contributed by atoms with van der Waals surface area (Å²) in [6, 6.07) is 0. The Hall–Kier alpha value is -2.91. The minimum Gasteiger partial charge on any atom is -0.368 e. The molecule has 0 aliphatic heterocycles. The molecule has 0 saturated heterocycles. The van der Waals surface area contributed by atoms with Gasteiger partial charge in [-0.2, -0.15) is 15.1 Å². The summed E-state index contributed by atoms with van der Waals surface area (Å²) in [5.74, 6) is -0.487. The average Bonchev–Trinajstić information content (AvgIpc) is 2.84. The van der Waals surface area contributed by atoms with E-state index in [1.54, 1.807) is 0 Å². The van der Waals surface area contributed by atoms with E-state index in [-0.39, 0.29) is 13.1 Å². The number of carbonyl (C=O) groups excluding carboxylic acids is 2. The Kier molecular flexibility index (Phi) is 4.16. The van der Waals surface area contributed by atoms with E-state index < -0.39 is 11.8 Å². The van der Waals surface area contributed by atoms with Crippen LogP contribution in [0.2, 0.25) is 0 Å². The van der Waals surface area contributed by atoms with Crippen molar-refractivity contribution in [2.24, 2.45) is 11.5 Å². The zero-order valence-corrected chi connectivity index (χ0v) is 11.5. The normalized spacial score (nSPS) is 10.5. The Morgan fingerprint density at radius 3 is 2.52 bits per heavy atom. The van der Waals surface area contributed by atoms with E-state index >= 15 is 0 Å². The number of rotatable bonds is 7. The topological polar surface area (TPSA) is 156 Å². The van der Waals surface area contributed by atoms with Crippen LogP contribution in [0.4, 0.5) is 11.8 Å². The van der Waals surface area contributed by atoms with E-state index in [9.17, 15) is 9.59 Å². The molecule has 2 aromatic rings. The minimum absolute atomic E-state index is 0.189. The highest BCUT2D eigenvalue weighted by Crippen LogP contribution is 2.23. The molecule has 2 heterocycles. The van der Waals surface area contributed by atoms with Crippen LogP contribution in [-0.4, -0.2) is 51.6 Å². The second-order valence-corrected chi connectivity index (χ2v) is 4.32. The number of anilines is 2.